The Hall–Kier alpha value is -1.31. The van der Waals surface area contributed by atoms with Gasteiger partial charge in [-0.1, -0.05) is 0 Å². The van der Waals surface area contributed by atoms with Crippen molar-refractivity contribution in [3.05, 3.63) is 18.2 Å². The SMILES string of the molecule is CNS(=O)(=O)c1cc(N)ccc1NCCCCOC. The first-order chi connectivity index (χ1) is 9.01. The number of nitrogen functional groups attached to an aromatic ring is 1. The van der Waals surface area contributed by atoms with Crippen molar-refractivity contribution in [3.8, 4) is 0 Å². The van der Waals surface area contributed by atoms with Crippen LogP contribution in [-0.4, -0.2) is 35.7 Å². The molecule has 0 aliphatic heterocycles. The zero-order valence-corrected chi connectivity index (χ0v) is 12.1. The molecule has 0 fully saturated rings. The Morgan fingerprint density at radius 1 is 1.32 bits per heavy atom. The Balaban J connectivity index is 2.78. The molecule has 0 saturated heterocycles. The van der Waals surface area contributed by atoms with Gasteiger partial charge in [-0.25, -0.2) is 13.1 Å². The molecule has 0 radical (unpaired) electrons. The maximum atomic E-state index is 11.9. The lowest BCUT2D eigenvalue weighted by Gasteiger charge is -2.12. The Morgan fingerprint density at radius 3 is 2.68 bits per heavy atom. The van der Waals surface area contributed by atoms with Gasteiger partial charge in [-0.2, -0.15) is 0 Å². The molecule has 108 valence electrons. The molecule has 0 heterocycles. The van der Waals surface area contributed by atoms with Crippen LogP contribution in [0.2, 0.25) is 0 Å². The summed E-state index contributed by atoms with van der Waals surface area (Å²) in [5, 5.41) is 3.11. The van der Waals surface area contributed by atoms with Gasteiger partial charge in [0, 0.05) is 25.9 Å². The lowest BCUT2D eigenvalue weighted by molar-refractivity contribution is 0.194. The van der Waals surface area contributed by atoms with E-state index in [2.05, 4.69) is 10.0 Å². The van der Waals surface area contributed by atoms with Gasteiger partial charge in [0.1, 0.15) is 4.90 Å². The van der Waals surface area contributed by atoms with E-state index in [1.165, 1.54) is 13.1 Å². The summed E-state index contributed by atoms with van der Waals surface area (Å²) >= 11 is 0. The van der Waals surface area contributed by atoms with E-state index in [4.69, 9.17) is 10.5 Å². The van der Waals surface area contributed by atoms with Crippen LogP contribution in [0.25, 0.3) is 0 Å². The lowest BCUT2D eigenvalue weighted by atomic mass is 10.2. The highest BCUT2D eigenvalue weighted by atomic mass is 32.2. The third-order valence-corrected chi connectivity index (χ3v) is 4.11. The van der Waals surface area contributed by atoms with Crippen LogP contribution in [0, 0.1) is 0 Å². The number of nitrogens with one attached hydrogen (secondary N) is 2. The lowest BCUT2D eigenvalue weighted by Crippen LogP contribution is -2.20. The number of benzene rings is 1. The zero-order valence-electron chi connectivity index (χ0n) is 11.3. The molecule has 0 aromatic heterocycles. The third kappa shape index (κ3) is 4.70. The summed E-state index contributed by atoms with van der Waals surface area (Å²) < 4.78 is 31.0. The van der Waals surface area contributed by atoms with E-state index in [-0.39, 0.29) is 4.90 Å². The highest BCUT2D eigenvalue weighted by molar-refractivity contribution is 7.89. The smallest absolute Gasteiger partial charge is 0.242 e. The molecule has 6 nitrogen and oxygen atoms in total. The minimum atomic E-state index is -3.52. The van der Waals surface area contributed by atoms with E-state index in [9.17, 15) is 8.42 Å². The van der Waals surface area contributed by atoms with Gasteiger partial charge < -0.3 is 15.8 Å². The fraction of sp³-hybridized carbons (Fsp3) is 0.500. The average Bonchev–Trinajstić information content (AvgIpc) is 2.40. The molecule has 19 heavy (non-hydrogen) atoms. The number of nitrogens with two attached hydrogens (primary N) is 1. The van der Waals surface area contributed by atoms with Gasteiger partial charge in [0.15, 0.2) is 0 Å². The van der Waals surface area contributed by atoms with E-state index < -0.39 is 10.0 Å². The molecule has 0 amide bonds. The van der Waals surface area contributed by atoms with Gasteiger partial charge >= 0.3 is 0 Å². The van der Waals surface area contributed by atoms with Crippen LogP contribution in [0.15, 0.2) is 23.1 Å². The number of ether oxygens (including phenoxy) is 1. The van der Waals surface area contributed by atoms with Crippen molar-refractivity contribution >= 4 is 21.4 Å². The van der Waals surface area contributed by atoms with Gasteiger partial charge in [-0.3, -0.25) is 0 Å². The molecule has 0 bridgehead atoms. The van der Waals surface area contributed by atoms with E-state index >= 15 is 0 Å². The van der Waals surface area contributed by atoms with Gasteiger partial charge in [-0.05, 0) is 38.1 Å². The molecule has 1 aromatic rings. The number of hydrogen-bond acceptors (Lipinski definition) is 5. The van der Waals surface area contributed by atoms with Crippen LogP contribution in [0.5, 0.6) is 0 Å². The molecule has 1 aromatic carbocycles. The summed E-state index contributed by atoms with van der Waals surface area (Å²) in [4.78, 5) is 0.168. The topological polar surface area (TPSA) is 93.5 Å². The first-order valence-corrected chi connectivity index (χ1v) is 7.55. The van der Waals surface area contributed by atoms with Crippen molar-refractivity contribution in [2.45, 2.75) is 17.7 Å². The standard InChI is InChI=1S/C12H21N3O3S/c1-14-19(16,17)12-9-10(13)5-6-11(12)15-7-3-4-8-18-2/h5-6,9,14-15H,3-4,7-8,13H2,1-2H3. The summed E-state index contributed by atoms with van der Waals surface area (Å²) in [5.74, 6) is 0. The number of methoxy groups -OCH3 is 1. The first-order valence-electron chi connectivity index (χ1n) is 6.07. The Bertz CT molecular complexity index is 503. The van der Waals surface area contributed by atoms with Gasteiger partial charge in [0.2, 0.25) is 10.0 Å². The molecule has 0 spiro atoms. The minimum Gasteiger partial charge on any atom is -0.399 e. The zero-order chi connectivity index (χ0) is 14.3. The average molecular weight is 287 g/mol. The Kier molecular flexibility index (Phi) is 6.07. The van der Waals surface area contributed by atoms with Crippen molar-refractivity contribution in [1.29, 1.82) is 0 Å². The maximum absolute atomic E-state index is 11.9. The number of rotatable bonds is 8. The highest BCUT2D eigenvalue weighted by Crippen LogP contribution is 2.23. The predicted molar refractivity (Wildman–Crippen MR) is 76.7 cm³/mol. The van der Waals surface area contributed by atoms with E-state index in [0.29, 0.717) is 24.5 Å². The molecular weight excluding hydrogens is 266 g/mol. The van der Waals surface area contributed by atoms with E-state index in [0.717, 1.165) is 12.8 Å². The molecule has 0 aliphatic carbocycles. The molecule has 0 aliphatic rings. The summed E-state index contributed by atoms with van der Waals surface area (Å²) in [6.07, 6.45) is 1.82. The molecule has 0 saturated carbocycles. The predicted octanol–water partition coefficient (Wildman–Crippen LogP) is 1.02. The molecule has 4 N–H and O–H groups in total. The largest absolute Gasteiger partial charge is 0.399 e. The van der Waals surface area contributed by atoms with Crippen LogP contribution >= 0.6 is 0 Å². The summed E-state index contributed by atoms with van der Waals surface area (Å²) in [6, 6.07) is 4.80. The van der Waals surface area contributed by atoms with Crippen molar-refractivity contribution in [2.24, 2.45) is 0 Å². The first kappa shape index (κ1) is 15.7. The van der Waals surface area contributed by atoms with Gasteiger partial charge in [0.25, 0.3) is 0 Å². The molecule has 0 unspecified atom stereocenters. The van der Waals surface area contributed by atoms with E-state index in [1.54, 1.807) is 19.2 Å². The quantitative estimate of drug-likeness (QED) is 0.490. The van der Waals surface area contributed by atoms with Crippen LogP contribution in [0.3, 0.4) is 0 Å². The normalized spacial score (nSPS) is 11.5. The maximum Gasteiger partial charge on any atom is 0.242 e. The molecule has 1 rings (SSSR count). The van der Waals surface area contributed by atoms with Crippen LogP contribution in [0.1, 0.15) is 12.8 Å². The number of unbranched alkanes of at least 4 members (excludes halogenated alkanes) is 1. The number of hydrogen-bond donors (Lipinski definition) is 3. The summed E-state index contributed by atoms with van der Waals surface area (Å²) in [6.45, 7) is 1.38. The number of anilines is 2. The van der Waals surface area contributed by atoms with Gasteiger partial charge in [0.05, 0.1) is 5.69 Å². The fourth-order valence-electron chi connectivity index (χ4n) is 1.61. The van der Waals surface area contributed by atoms with Crippen LogP contribution < -0.4 is 15.8 Å². The second-order valence-corrected chi connectivity index (χ2v) is 5.94. The Labute approximate surface area is 114 Å². The monoisotopic (exact) mass is 287 g/mol. The molecule has 0 atom stereocenters. The Morgan fingerprint density at radius 2 is 2.05 bits per heavy atom. The minimum absolute atomic E-state index is 0.168. The summed E-state index contributed by atoms with van der Waals surface area (Å²) in [5.41, 5.74) is 6.61. The van der Waals surface area contributed by atoms with E-state index in [1.807, 2.05) is 0 Å². The summed E-state index contributed by atoms with van der Waals surface area (Å²) in [7, 11) is -0.482. The van der Waals surface area contributed by atoms with Crippen LogP contribution in [-0.2, 0) is 14.8 Å². The highest BCUT2D eigenvalue weighted by Gasteiger charge is 2.16. The second kappa shape index (κ2) is 7.32. The van der Waals surface area contributed by atoms with Crippen molar-refractivity contribution < 1.29 is 13.2 Å². The second-order valence-electron chi connectivity index (χ2n) is 4.09. The van der Waals surface area contributed by atoms with Crippen molar-refractivity contribution in [1.82, 2.24) is 4.72 Å². The third-order valence-electron chi connectivity index (χ3n) is 2.65. The van der Waals surface area contributed by atoms with Crippen LogP contribution in [0.4, 0.5) is 11.4 Å². The van der Waals surface area contributed by atoms with Crippen molar-refractivity contribution in [2.75, 3.05) is 38.4 Å². The van der Waals surface area contributed by atoms with Gasteiger partial charge in [-0.15, -0.1) is 0 Å². The molecular formula is C12H21N3O3S. The van der Waals surface area contributed by atoms with Crippen molar-refractivity contribution in [3.63, 3.8) is 0 Å². The number of sulfonamides is 1. The molecule has 7 heteroatoms. The fourth-order valence-corrected chi connectivity index (χ4v) is 2.55.